The Balaban J connectivity index is 1.64. The highest BCUT2D eigenvalue weighted by Gasteiger charge is 2.22. The normalized spacial score (nSPS) is 12.7. The SMILES string of the molecule is CCC(c1nnc(SCc2cc(=O)n3ccsc3n2)n1Cc1ccccc1)N(C)C. The molecule has 0 N–H and O–H groups in total. The Kier molecular flexibility index (Phi) is 6.31. The molecule has 30 heavy (non-hydrogen) atoms. The van der Waals surface area contributed by atoms with Crippen molar-refractivity contribution in [2.75, 3.05) is 14.1 Å². The molecule has 9 heteroatoms. The minimum atomic E-state index is -0.0538. The first-order valence-electron chi connectivity index (χ1n) is 9.79. The Labute approximate surface area is 183 Å². The van der Waals surface area contributed by atoms with Gasteiger partial charge in [0.25, 0.3) is 5.56 Å². The molecule has 3 heterocycles. The fourth-order valence-corrected chi connectivity index (χ4v) is 5.02. The van der Waals surface area contributed by atoms with Gasteiger partial charge >= 0.3 is 0 Å². The average Bonchev–Trinajstić information content (AvgIpc) is 3.36. The van der Waals surface area contributed by atoms with E-state index < -0.39 is 0 Å². The summed E-state index contributed by atoms with van der Waals surface area (Å²) in [5, 5.41) is 11.7. The van der Waals surface area contributed by atoms with Gasteiger partial charge in [-0.05, 0) is 26.1 Å². The number of nitrogens with zero attached hydrogens (tertiary/aromatic N) is 6. The molecule has 1 aromatic carbocycles. The lowest BCUT2D eigenvalue weighted by molar-refractivity contribution is 0.272. The zero-order valence-corrected chi connectivity index (χ0v) is 18.9. The molecule has 0 saturated heterocycles. The Morgan fingerprint density at radius 3 is 2.73 bits per heavy atom. The molecule has 0 aliphatic rings. The maximum absolute atomic E-state index is 12.3. The summed E-state index contributed by atoms with van der Waals surface area (Å²) in [6.07, 6.45) is 2.69. The zero-order valence-electron chi connectivity index (χ0n) is 17.2. The van der Waals surface area contributed by atoms with Crippen molar-refractivity contribution >= 4 is 28.1 Å². The largest absolute Gasteiger partial charge is 0.300 e. The van der Waals surface area contributed by atoms with E-state index in [9.17, 15) is 4.79 Å². The molecule has 1 atom stereocenters. The molecule has 0 amide bonds. The first kappa shape index (κ1) is 20.8. The van der Waals surface area contributed by atoms with E-state index in [-0.39, 0.29) is 11.6 Å². The summed E-state index contributed by atoms with van der Waals surface area (Å²) in [5.74, 6) is 1.52. The molecule has 0 aliphatic heterocycles. The van der Waals surface area contributed by atoms with Gasteiger partial charge in [-0.1, -0.05) is 49.0 Å². The first-order valence-corrected chi connectivity index (χ1v) is 11.7. The van der Waals surface area contributed by atoms with Gasteiger partial charge in [-0.15, -0.1) is 21.5 Å². The fraction of sp³-hybridized carbons (Fsp3) is 0.333. The summed E-state index contributed by atoms with van der Waals surface area (Å²) in [6.45, 7) is 2.86. The van der Waals surface area contributed by atoms with Crippen LogP contribution in [-0.2, 0) is 12.3 Å². The Morgan fingerprint density at radius 2 is 2.00 bits per heavy atom. The third kappa shape index (κ3) is 4.33. The minimum Gasteiger partial charge on any atom is -0.300 e. The fourth-order valence-electron chi connectivity index (χ4n) is 3.45. The van der Waals surface area contributed by atoms with Crippen LogP contribution in [0.5, 0.6) is 0 Å². The number of rotatable bonds is 8. The van der Waals surface area contributed by atoms with Gasteiger partial charge in [0, 0.05) is 23.4 Å². The monoisotopic (exact) mass is 440 g/mol. The van der Waals surface area contributed by atoms with Gasteiger partial charge in [-0.25, -0.2) is 4.98 Å². The predicted octanol–water partition coefficient (Wildman–Crippen LogP) is 3.70. The molecule has 0 saturated carbocycles. The average molecular weight is 441 g/mol. The van der Waals surface area contributed by atoms with Crippen LogP contribution in [0, 0.1) is 0 Å². The van der Waals surface area contributed by atoms with Gasteiger partial charge in [0.05, 0.1) is 18.3 Å². The van der Waals surface area contributed by atoms with Gasteiger partial charge in [0.2, 0.25) is 0 Å². The summed E-state index contributed by atoms with van der Waals surface area (Å²) in [4.78, 5) is 19.8. The van der Waals surface area contributed by atoms with E-state index in [1.807, 2.05) is 23.6 Å². The van der Waals surface area contributed by atoms with Crippen molar-refractivity contribution in [1.82, 2.24) is 29.0 Å². The second-order valence-corrected chi connectivity index (χ2v) is 9.05. The summed E-state index contributed by atoms with van der Waals surface area (Å²) < 4.78 is 3.75. The van der Waals surface area contributed by atoms with Crippen LogP contribution in [0.25, 0.3) is 4.96 Å². The summed E-state index contributed by atoms with van der Waals surface area (Å²) in [6, 6.07) is 12.1. The van der Waals surface area contributed by atoms with Crippen LogP contribution in [0.1, 0.15) is 36.5 Å². The van der Waals surface area contributed by atoms with Crippen molar-refractivity contribution in [3.8, 4) is 0 Å². The zero-order chi connectivity index (χ0) is 21.1. The van der Waals surface area contributed by atoms with E-state index in [2.05, 4.69) is 57.8 Å². The number of thioether (sulfide) groups is 1. The lowest BCUT2D eigenvalue weighted by Gasteiger charge is -2.23. The van der Waals surface area contributed by atoms with Crippen LogP contribution in [0.15, 0.2) is 57.9 Å². The van der Waals surface area contributed by atoms with Crippen LogP contribution < -0.4 is 5.56 Å². The van der Waals surface area contributed by atoms with Crippen LogP contribution in [0.2, 0.25) is 0 Å². The van der Waals surface area contributed by atoms with E-state index in [0.29, 0.717) is 17.3 Å². The number of thiazole rings is 1. The molecule has 4 aromatic rings. The van der Waals surface area contributed by atoms with E-state index in [0.717, 1.165) is 23.1 Å². The Hall–Kier alpha value is -2.49. The molecule has 7 nitrogen and oxygen atoms in total. The van der Waals surface area contributed by atoms with Gasteiger partial charge in [0.1, 0.15) is 0 Å². The Morgan fingerprint density at radius 1 is 1.20 bits per heavy atom. The van der Waals surface area contributed by atoms with E-state index in [4.69, 9.17) is 0 Å². The Bertz CT molecular complexity index is 1180. The lowest BCUT2D eigenvalue weighted by atomic mass is 10.2. The molecule has 1 unspecified atom stereocenters. The maximum atomic E-state index is 12.3. The van der Waals surface area contributed by atoms with Crippen LogP contribution in [0.4, 0.5) is 0 Å². The second-order valence-electron chi connectivity index (χ2n) is 7.23. The number of aromatic nitrogens is 5. The molecule has 0 fully saturated rings. The number of hydrogen-bond donors (Lipinski definition) is 0. The number of fused-ring (bicyclic) bond motifs is 1. The lowest BCUT2D eigenvalue weighted by Crippen LogP contribution is -2.23. The molecular weight excluding hydrogens is 416 g/mol. The predicted molar refractivity (Wildman–Crippen MR) is 121 cm³/mol. The molecule has 156 valence electrons. The third-order valence-corrected chi connectivity index (χ3v) is 6.70. The molecule has 0 spiro atoms. The molecule has 0 bridgehead atoms. The standard InChI is InChI=1S/C21H24N6OS2/c1-4-17(25(2)3)19-23-24-21(27(19)13-15-8-6-5-7-9-15)30-14-16-12-18(28)26-10-11-29-20(26)22-16/h5-12,17H,4,13-14H2,1-3H3. The van der Waals surface area contributed by atoms with Crippen molar-refractivity contribution in [1.29, 1.82) is 0 Å². The van der Waals surface area contributed by atoms with E-state index in [1.54, 1.807) is 28.4 Å². The highest BCUT2D eigenvalue weighted by Crippen LogP contribution is 2.27. The summed E-state index contributed by atoms with van der Waals surface area (Å²) in [5.41, 5.74) is 1.90. The summed E-state index contributed by atoms with van der Waals surface area (Å²) >= 11 is 3.02. The molecule has 0 aliphatic carbocycles. The van der Waals surface area contributed by atoms with Crippen molar-refractivity contribution in [3.05, 3.63) is 75.4 Å². The highest BCUT2D eigenvalue weighted by molar-refractivity contribution is 7.98. The van der Waals surface area contributed by atoms with Crippen LogP contribution in [0.3, 0.4) is 0 Å². The maximum Gasteiger partial charge on any atom is 0.258 e. The molecule has 3 aromatic heterocycles. The molecule has 0 radical (unpaired) electrons. The smallest absolute Gasteiger partial charge is 0.258 e. The quantitative estimate of drug-likeness (QED) is 0.389. The number of hydrogen-bond acceptors (Lipinski definition) is 7. The third-order valence-electron chi connectivity index (χ3n) is 4.94. The van der Waals surface area contributed by atoms with Crippen LogP contribution >= 0.6 is 23.1 Å². The van der Waals surface area contributed by atoms with Crippen molar-refractivity contribution in [3.63, 3.8) is 0 Å². The van der Waals surface area contributed by atoms with E-state index >= 15 is 0 Å². The van der Waals surface area contributed by atoms with Gasteiger partial charge in [-0.2, -0.15) is 0 Å². The van der Waals surface area contributed by atoms with Crippen LogP contribution in [-0.4, -0.2) is 43.1 Å². The van der Waals surface area contributed by atoms with Gasteiger partial charge in [0.15, 0.2) is 15.9 Å². The molecule has 4 rings (SSSR count). The van der Waals surface area contributed by atoms with Gasteiger partial charge < -0.3 is 4.57 Å². The van der Waals surface area contributed by atoms with E-state index in [1.165, 1.54) is 16.9 Å². The van der Waals surface area contributed by atoms with Crippen molar-refractivity contribution in [2.24, 2.45) is 0 Å². The molecular formula is C21H24N6OS2. The highest BCUT2D eigenvalue weighted by atomic mass is 32.2. The van der Waals surface area contributed by atoms with Crippen molar-refractivity contribution < 1.29 is 0 Å². The topological polar surface area (TPSA) is 68.3 Å². The van der Waals surface area contributed by atoms with Crippen molar-refractivity contribution in [2.45, 2.75) is 36.8 Å². The summed E-state index contributed by atoms with van der Waals surface area (Å²) in [7, 11) is 4.13. The minimum absolute atomic E-state index is 0.0538. The number of benzene rings is 1. The second kappa shape index (κ2) is 9.11. The first-order chi connectivity index (χ1) is 14.6. The van der Waals surface area contributed by atoms with Gasteiger partial charge in [-0.3, -0.25) is 14.1 Å².